The molecule has 0 aliphatic carbocycles. The molecule has 21 heavy (non-hydrogen) atoms. The first-order valence-electron chi connectivity index (χ1n) is 6.23. The molecular formula is C14H15N3O4. The van der Waals surface area contributed by atoms with Gasteiger partial charge in [-0.15, -0.1) is 0 Å². The summed E-state index contributed by atoms with van der Waals surface area (Å²) in [6.45, 7) is 1.83. The normalized spacial score (nSPS) is 11.8. The van der Waals surface area contributed by atoms with Crippen molar-refractivity contribution in [3.05, 3.63) is 52.3 Å². The molecule has 2 aromatic rings. The third-order valence-corrected chi connectivity index (χ3v) is 2.81. The molecule has 1 atom stereocenters. The Bertz CT molecular complexity index is 641. The lowest BCUT2D eigenvalue weighted by atomic mass is 10.2. The quantitative estimate of drug-likeness (QED) is 0.671. The second-order valence-corrected chi connectivity index (χ2v) is 4.40. The highest BCUT2D eigenvalue weighted by atomic mass is 16.6. The van der Waals surface area contributed by atoms with E-state index in [4.69, 9.17) is 15.2 Å². The fraction of sp³-hybridized carbons (Fsp3) is 0.214. The van der Waals surface area contributed by atoms with E-state index in [0.29, 0.717) is 11.5 Å². The van der Waals surface area contributed by atoms with E-state index in [2.05, 4.69) is 4.98 Å². The maximum Gasteiger partial charge on any atom is 0.273 e. The zero-order chi connectivity index (χ0) is 15.4. The maximum atomic E-state index is 10.8. The monoisotopic (exact) mass is 289 g/mol. The van der Waals surface area contributed by atoms with Crippen LogP contribution in [-0.4, -0.2) is 17.0 Å². The number of hydrogen-bond donors (Lipinski definition) is 1. The largest absolute Gasteiger partial charge is 0.493 e. The van der Waals surface area contributed by atoms with Crippen LogP contribution in [-0.2, 0) is 0 Å². The summed E-state index contributed by atoms with van der Waals surface area (Å²) >= 11 is 0. The standard InChI is InChI=1S/C14H15N3O4/c1-9(15)12-5-4-11(8-16-12)21-14-7-10(17(18)19)3-6-13(14)20-2/h3-9H,15H2,1-2H3/t9-/m1/s1. The first-order valence-corrected chi connectivity index (χ1v) is 6.23. The topological polar surface area (TPSA) is 101 Å². The van der Waals surface area contributed by atoms with Gasteiger partial charge in [-0.2, -0.15) is 0 Å². The molecule has 0 saturated carbocycles. The summed E-state index contributed by atoms with van der Waals surface area (Å²) in [7, 11) is 1.46. The van der Waals surface area contributed by atoms with Crippen LogP contribution < -0.4 is 15.2 Å². The number of nitro benzene ring substituents is 1. The van der Waals surface area contributed by atoms with Crippen molar-refractivity contribution >= 4 is 5.69 Å². The van der Waals surface area contributed by atoms with E-state index in [0.717, 1.165) is 5.69 Å². The SMILES string of the molecule is COc1ccc([N+](=O)[O-])cc1Oc1ccc([C@@H](C)N)nc1. The van der Waals surface area contributed by atoms with Gasteiger partial charge in [-0.25, -0.2) is 0 Å². The summed E-state index contributed by atoms with van der Waals surface area (Å²) in [6, 6.07) is 7.40. The molecule has 7 heteroatoms. The second kappa shape index (κ2) is 6.19. The van der Waals surface area contributed by atoms with Gasteiger partial charge in [-0.05, 0) is 25.1 Å². The van der Waals surface area contributed by atoms with E-state index < -0.39 is 4.92 Å². The smallest absolute Gasteiger partial charge is 0.273 e. The highest BCUT2D eigenvalue weighted by Gasteiger charge is 2.13. The number of methoxy groups -OCH3 is 1. The zero-order valence-electron chi connectivity index (χ0n) is 11.6. The lowest BCUT2D eigenvalue weighted by Gasteiger charge is -2.10. The molecule has 0 aliphatic rings. The minimum absolute atomic E-state index is 0.0778. The molecule has 0 amide bonds. The van der Waals surface area contributed by atoms with E-state index in [9.17, 15) is 10.1 Å². The van der Waals surface area contributed by atoms with Gasteiger partial charge in [0.1, 0.15) is 5.75 Å². The Hall–Kier alpha value is -2.67. The number of benzene rings is 1. The molecule has 1 aromatic heterocycles. The van der Waals surface area contributed by atoms with Crippen LogP contribution in [0.15, 0.2) is 36.5 Å². The number of nitro groups is 1. The molecule has 0 aliphatic heterocycles. The third-order valence-electron chi connectivity index (χ3n) is 2.81. The molecule has 7 nitrogen and oxygen atoms in total. The zero-order valence-corrected chi connectivity index (χ0v) is 11.6. The van der Waals surface area contributed by atoms with Gasteiger partial charge in [0.2, 0.25) is 0 Å². The number of pyridine rings is 1. The molecule has 1 aromatic carbocycles. The minimum Gasteiger partial charge on any atom is -0.493 e. The van der Waals surface area contributed by atoms with Crippen LogP contribution in [0.5, 0.6) is 17.2 Å². The Morgan fingerprint density at radius 3 is 2.57 bits per heavy atom. The van der Waals surface area contributed by atoms with Crippen LogP contribution in [0, 0.1) is 10.1 Å². The van der Waals surface area contributed by atoms with E-state index in [1.165, 1.54) is 31.5 Å². The number of aromatic nitrogens is 1. The summed E-state index contributed by atoms with van der Waals surface area (Å²) < 4.78 is 10.7. The molecular weight excluding hydrogens is 274 g/mol. The van der Waals surface area contributed by atoms with Gasteiger partial charge < -0.3 is 15.2 Å². The predicted octanol–water partition coefficient (Wildman–Crippen LogP) is 2.81. The fourth-order valence-corrected chi connectivity index (χ4v) is 1.71. The van der Waals surface area contributed by atoms with Crippen molar-refractivity contribution in [1.29, 1.82) is 0 Å². The number of hydrogen-bond acceptors (Lipinski definition) is 6. The van der Waals surface area contributed by atoms with E-state index in [1.54, 1.807) is 12.1 Å². The van der Waals surface area contributed by atoms with E-state index >= 15 is 0 Å². The van der Waals surface area contributed by atoms with Crippen molar-refractivity contribution in [3.8, 4) is 17.2 Å². The third kappa shape index (κ3) is 3.46. The van der Waals surface area contributed by atoms with Crippen molar-refractivity contribution in [1.82, 2.24) is 4.98 Å². The lowest BCUT2D eigenvalue weighted by molar-refractivity contribution is -0.384. The van der Waals surface area contributed by atoms with E-state index in [1.807, 2.05) is 6.92 Å². The number of rotatable bonds is 5. The molecule has 0 radical (unpaired) electrons. The molecule has 1 heterocycles. The number of nitrogens with zero attached hydrogens (tertiary/aromatic N) is 2. The van der Waals surface area contributed by atoms with Crippen LogP contribution in [0.3, 0.4) is 0 Å². The Kier molecular flexibility index (Phi) is 4.34. The Morgan fingerprint density at radius 1 is 1.29 bits per heavy atom. The molecule has 0 unspecified atom stereocenters. The molecule has 2 N–H and O–H groups in total. The summed E-state index contributed by atoms with van der Waals surface area (Å²) in [4.78, 5) is 14.5. The van der Waals surface area contributed by atoms with Crippen molar-refractivity contribution < 1.29 is 14.4 Å². The molecule has 2 rings (SSSR count). The highest BCUT2D eigenvalue weighted by Crippen LogP contribution is 2.34. The summed E-state index contributed by atoms with van der Waals surface area (Å²) in [5.74, 6) is 1.09. The van der Waals surface area contributed by atoms with Crippen molar-refractivity contribution in [2.45, 2.75) is 13.0 Å². The molecule has 0 fully saturated rings. The van der Waals surface area contributed by atoms with Gasteiger partial charge >= 0.3 is 0 Å². The van der Waals surface area contributed by atoms with Gasteiger partial charge in [-0.1, -0.05) is 0 Å². The van der Waals surface area contributed by atoms with Crippen molar-refractivity contribution in [2.24, 2.45) is 5.73 Å². The Morgan fingerprint density at radius 2 is 2.05 bits per heavy atom. The van der Waals surface area contributed by atoms with Gasteiger partial charge in [0.15, 0.2) is 11.5 Å². The van der Waals surface area contributed by atoms with Gasteiger partial charge in [-0.3, -0.25) is 15.1 Å². The minimum atomic E-state index is -0.496. The summed E-state index contributed by atoms with van der Waals surface area (Å²) in [6.07, 6.45) is 1.51. The molecule has 110 valence electrons. The average molecular weight is 289 g/mol. The average Bonchev–Trinajstić information content (AvgIpc) is 2.47. The predicted molar refractivity (Wildman–Crippen MR) is 76.6 cm³/mol. The van der Waals surface area contributed by atoms with Crippen molar-refractivity contribution in [3.63, 3.8) is 0 Å². The first kappa shape index (κ1) is 14.7. The van der Waals surface area contributed by atoms with Crippen LogP contribution in [0.1, 0.15) is 18.7 Å². The lowest BCUT2D eigenvalue weighted by Crippen LogP contribution is -2.06. The van der Waals surface area contributed by atoms with Gasteiger partial charge in [0.25, 0.3) is 5.69 Å². The van der Waals surface area contributed by atoms with Crippen LogP contribution >= 0.6 is 0 Å². The maximum absolute atomic E-state index is 10.8. The van der Waals surface area contributed by atoms with Crippen LogP contribution in [0.4, 0.5) is 5.69 Å². The molecule has 0 saturated heterocycles. The molecule has 0 spiro atoms. The summed E-state index contributed by atoms with van der Waals surface area (Å²) in [5, 5.41) is 10.8. The number of nitrogens with two attached hydrogens (primary N) is 1. The van der Waals surface area contributed by atoms with Gasteiger partial charge in [0.05, 0.1) is 30.0 Å². The van der Waals surface area contributed by atoms with E-state index in [-0.39, 0.29) is 17.5 Å². The Balaban J connectivity index is 2.29. The number of non-ortho nitro benzene ring substituents is 1. The summed E-state index contributed by atoms with van der Waals surface area (Å²) in [5.41, 5.74) is 6.37. The van der Waals surface area contributed by atoms with Gasteiger partial charge in [0, 0.05) is 12.1 Å². The number of ether oxygens (including phenoxy) is 2. The highest BCUT2D eigenvalue weighted by molar-refractivity contribution is 5.50. The Labute approximate surface area is 121 Å². The van der Waals surface area contributed by atoms with Crippen LogP contribution in [0.25, 0.3) is 0 Å². The van der Waals surface area contributed by atoms with Crippen molar-refractivity contribution in [2.75, 3.05) is 7.11 Å². The second-order valence-electron chi connectivity index (χ2n) is 4.40. The fourth-order valence-electron chi connectivity index (χ4n) is 1.71. The first-order chi connectivity index (χ1) is 10.0. The molecule has 0 bridgehead atoms. The van der Waals surface area contributed by atoms with Crippen LogP contribution in [0.2, 0.25) is 0 Å².